The first-order valence-electron chi connectivity index (χ1n) is 12.0. The van der Waals surface area contributed by atoms with E-state index < -0.39 is 0 Å². The second-order valence-electron chi connectivity index (χ2n) is 8.93. The van der Waals surface area contributed by atoms with E-state index in [1.54, 1.807) is 0 Å². The number of ether oxygens (including phenoxy) is 2. The van der Waals surface area contributed by atoms with Crippen LogP contribution in [0.15, 0.2) is 60.4 Å². The Labute approximate surface area is 211 Å². The lowest BCUT2D eigenvalue weighted by molar-refractivity contribution is 0.0872. The molecule has 5 nitrogen and oxygen atoms in total. The minimum Gasteiger partial charge on any atom is -0.478 e. The van der Waals surface area contributed by atoms with E-state index >= 15 is 0 Å². The van der Waals surface area contributed by atoms with Crippen LogP contribution in [0, 0.1) is 6.92 Å². The van der Waals surface area contributed by atoms with Gasteiger partial charge in [0.25, 0.3) is 0 Å². The predicted molar refractivity (Wildman–Crippen MR) is 140 cm³/mol. The Kier molecular flexibility index (Phi) is 6.54. The third kappa shape index (κ3) is 4.54. The average molecular weight is 489 g/mol. The van der Waals surface area contributed by atoms with Crippen molar-refractivity contribution in [2.24, 2.45) is 0 Å². The van der Waals surface area contributed by atoms with Crippen LogP contribution in [0.4, 0.5) is 5.69 Å². The second-order valence-corrected chi connectivity index (χ2v) is 9.34. The van der Waals surface area contributed by atoms with Crippen molar-refractivity contribution in [2.45, 2.75) is 33.9 Å². The van der Waals surface area contributed by atoms with E-state index in [1.807, 2.05) is 55.5 Å². The summed E-state index contributed by atoms with van der Waals surface area (Å²) >= 11 is 6.37. The molecule has 2 aliphatic rings. The molecule has 6 heteroatoms. The summed E-state index contributed by atoms with van der Waals surface area (Å²) in [6.45, 7) is 9.84. The fourth-order valence-electron chi connectivity index (χ4n) is 4.77. The first kappa shape index (κ1) is 23.5. The van der Waals surface area contributed by atoms with Crippen LogP contribution in [0.25, 0.3) is 6.08 Å². The molecule has 2 aliphatic heterocycles. The smallest absolute Gasteiger partial charge is 0.232 e. The number of Topliss-reactive ketones (excluding diaryl/α,β-unsaturated/α-hetero) is 1. The molecular weight excluding hydrogens is 460 g/mol. The monoisotopic (exact) mass is 488 g/mol. The summed E-state index contributed by atoms with van der Waals surface area (Å²) in [5.74, 6) is 1.64. The summed E-state index contributed by atoms with van der Waals surface area (Å²) in [6, 6.07) is 18.0. The van der Waals surface area contributed by atoms with E-state index in [9.17, 15) is 4.79 Å². The van der Waals surface area contributed by atoms with E-state index in [0.29, 0.717) is 36.9 Å². The fraction of sp³-hybridized carbons (Fsp3) is 0.276. The summed E-state index contributed by atoms with van der Waals surface area (Å²) in [6.07, 6.45) is 1.82. The fourth-order valence-corrected chi connectivity index (χ4v) is 4.96. The number of halogens is 1. The van der Waals surface area contributed by atoms with Gasteiger partial charge in [-0.1, -0.05) is 41.9 Å². The maximum Gasteiger partial charge on any atom is 0.232 e. The van der Waals surface area contributed by atoms with Crippen LogP contribution in [-0.2, 0) is 13.1 Å². The largest absolute Gasteiger partial charge is 0.478 e. The Morgan fingerprint density at radius 3 is 2.54 bits per heavy atom. The number of aryl methyl sites for hydroxylation is 1. The van der Waals surface area contributed by atoms with Crippen molar-refractivity contribution in [2.75, 3.05) is 24.7 Å². The Balaban J connectivity index is 1.41. The quantitative estimate of drug-likeness (QED) is 0.372. The Morgan fingerprint density at radius 1 is 1.09 bits per heavy atom. The molecule has 0 radical (unpaired) electrons. The number of rotatable bonds is 6. The number of carbonyl (C=O) groups excluding carboxylic acids is 1. The van der Waals surface area contributed by atoms with Gasteiger partial charge in [0.05, 0.1) is 11.1 Å². The summed E-state index contributed by atoms with van der Waals surface area (Å²) in [5, 5.41) is 0.732. The molecule has 180 valence electrons. The van der Waals surface area contributed by atoms with Crippen molar-refractivity contribution >= 4 is 29.1 Å². The number of allylic oxidation sites excluding steroid dienone is 1. The molecule has 0 atom stereocenters. The molecule has 0 saturated heterocycles. The van der Waals surface area contributed by atoms with Crippen molar-refractivity contribution in [1.29, 1.82) is 0 Å². The molecule has 3 aromatic carbocycles. The first-order chi connectivity index (χ1) is 17.0. The molecule has 3 aromatic rings. The van der Waals surface area contributed by atoms with Gasteiger partial charge >= 0.3 is 0 Å². The van der Waals surface area contributed by atoms with Crippen molar-refractivity contribution < 1.29 is 14.3 Å². The number of hydrogen-bond donors (Lipinski definition) is 0. The van der Waals surface area contributed by atoms with Gasteiger partial charge in [-0.2, -0.15) is 0 Å². The highest BCUT2D eigenvalue weighted by Crippen LogP contribution is 2.44. The van der Waals surface area contributed by atoms with Crippen LogP contribution in [0.3, 0.4) is 0 Å². The van der Waals surface area contributed by atoms with Crippen LogP contribution in [-0.4, -0.2) is 30.5 Å². The van der Waals surface area contributed by atoms with Crippen LogP contribution < -0.4 is 14.4 Å². The lowest BCUT2D eigenvalue weighted by Crippen LogP contribution is -2.32. The molecule has 0 fully saturated rings. The standard InChI is InChI=1S/C29H29ClN2O3/c1-4-32(5-2)22-12-10-20(11-13-22)15-26-28(33)27-19(3)14-25-23(29(27)35-26)17-31(18-34-25)16-21-8-6-7-9-24(21)30/h6-15H,4-5,16-18H2,1-3H3/b26-15-. The van der Waals surface area contributed by atoms with Gasteiger partial charge in [0, 0.05) is 36.9 Å². The summed E-state index contributed by atoms with van der Waals surface area (Å²) < 4.78 is 12.3. The van der Waals surface area contributed by atoms with E-state index in [-0.39, 0.29) is 5.78 Å². The van der Waals surface area contributed by atoms with Crippen LogP contribution >= 0.6 is 11.6 Å². The van der Waals surface area contributed by atoms with Crippen molar-refractivity contribution in [3.63, 3.8) is 0 Å². The van der Waals surface area contributed by atoms with E-state index in [4.69, 9.17) is 21.1 Å². The Morgan fingerprint density at radius 2 is 1.83 bits per heavy atom. The zero-order chi connectivity index (χ0) is 24.5. The van der Waals surface area contributed by atoms with Gasteiger partial charge in [0.2, 0.25) is 5.78 Å². The van der Waals surface area contributed by atoms with Gasteiger partial charge in [0.15, 0.2) is 5.76 Å². The highest BCUT2D eigenvalue weighted by molar-refractivity contribution is 6.31. The zero-order valence-corrected chi connectivity index (χ0v) is 21.1. The van der Waals surface area contributed by atoms with Gasteiger partial charge in [0.1, 0.15) is 18.2 Å². The minimum absolute atomic E-state index is 0.0867. The number of anilines is 1. The number of nitrogens with zero attached hydrogens (tertiary/aromatic N) is 2. The molecule has 35 heavy (non-hydrogen) atoms. The molecule has 0 N–H and O–H groups in total. The van der Waals surface area contributed by atoms with Crippen LogP contribution in [0.5, 0.6) is 11.5 Å². The maximum atomic E-state index is 13.3. The lowest BCUT2D eigenvalue weighted by Gasteiger charge is -2.30. The molecule has 0 aromatic heterocycles. The Hall–Kier alpha value is -3.28. The lowest BCUT2D eigenvalue weighted by atomic mass is 9.98. The van der Waals surface area contributed by atoms with E-state index in [0.717, 1.165) is 46.1 Å². The van der Waals surface area contributed by atoms with Crippen LogP contribution in [0.1, 0.15) is 46.5 Å². The maximum absolute atomic E-state index is 13.3. The molecule has 0 aliphatic carbocycles. The minimum atomic E-state index is -0.0867. The third-order valence-electron chi connectivity index (χ3n) is 6.66. The first-order valence-corrected chi connectivity index (χ1v) is 12.4. The summed E-state index contributed by atoms with van der Waals surface area (Å²) in [7, 11) is 0. The molecule has 0 bridgehead atoms. The molecule has 0 unspecified atom stereocenters. The van der Waals surface area contributed by atoms with Gasteiger partial charge in [-0.3, -0.25) is 9.69 Å². The number of fused-ring (bicyclic) bond motifs is 3. The van der Waals surface area contributed by atoms with Crippen molar-refractivity contribution in [3.05, 3.63) is 93.2 Å². The molecule has 0 spiro atoms. The summed E-state index contributed by atoms with van der Waals surface area (Å²) in [4.78, 5) is 17.8. The molecule has 2 heterocycles. The predicted octanol–water partition coefficient (Wildman–Crippen LogP) is 6.46. The highest BCUT2D eigenvalue weighted by Gasteiger charge is 2.35. The van der Waals surface area contributed by atoms with Crippen LogP contribution in [0.2, 0.25) is 5.02 Å². The van der Waals surface area contributed by atoms with Gasteiger partial charge in [-0.15, -0.1) is 0 Å². The molecule has 5 rings (SSSR count). The number of benzene rings is 3. The van der Waals surface area contributed by atoms with E-state index in [1.165, 1.54) is 5.69 Å². The van der Waals surface area contributed by atoms with Crippen molar-refractivity contribution in [1.82, 2.24) is 4.90 Å². The molecule has 0 amide bonds. The Bertz CT molecular complexity index is 1300. The van der Waals surface area contributed by atoms with Gasteiger partial charge in [-0.25, -0.2) is 0 Å². The number of carbonyl (C=O) groups is 1. The average Bonchev–Trinajstić information content (AvgIpc) is 3.19. The van der Waals surface area contributed by atoms with Gasteiger partial charge < -0.3 is 14.4 Å². The second kappa shape index (κ2) is 9.76. The number of hydrogen-bond acceptors (Lipinski definition) is 5. The zero-order valence-electron chi connectivity index (χ0n) is 20.3. The van der Waals surface area contributed by atoms with Crippen molar-refractivity contribution in [3.8, 4) is 11.5 Å². The van der Waals surface area contributed by atoms with Gasteiger partial charge in [-0.05, 0) is 67.8 Å². The molecule has 0 saturated carbocycles. The molecular formula is C29H29ClN2O3. The summed E-state index contributed by atoms with van der Waals surface area (Å²) in [5.41, 5.74) is 5.52. The normalized spacial score (nSPS) is 16.0. The van der Waals surface area contributed by atoms with E-state index in [2.05, 4.69) is 35.8 Å². The number of ketones is 1. The topological polar surface area (TPSA) is 42.0 Å². The third-order valence-corrected chi connectivity index (χ3v) is 7.03. The SMILES string of the molecule is CCN(CC)c1ccc(/C=C2\Oc3c4c(cc(C)c3C2=O)OCN(Cc2ccccc2Cl)C4)cc1. The highest BCUT2D eigenvalue weighted by atomic mass is 35.5.